The van der Waals surface area contributed by atoms with Crippen LogP contribution in [0.15, 0.2) is 36.9 Å². The number of carbonyl (C=O) groups is 3. The largest absolute Gasteiger partial charge is 0.344 e. The molecule has 1 aliphatic carbocycles. The first kappa shape index (κ1) is 32.6. The van der Waals surface area contributed by atoms with Crippen LogP contribution in [0.5, 0.6) is 0 Å². The van der Waals surface area contributed by atoms with Gasteiger partial charge in [0.05, 0.1) is 0 Å². The number of piperidine rings is 2. The van der Waals surface area contributed by atoms with Crippen molar-refractivity contribution in [1.82, 2.24) is 29.9 Å². The Kier molecular flexibility index (Phi) is 11.8. The second kappa shape index (κ2) is 16.0. The van der Waals surface area contributed by atoms with E-state index in [0.717, 1.165) is 44.6 Å². The van der Waals surface area contributed by atoms with Gasteiger partial charge >= 0.3 is 0 Å². The van der Waals surface area contributed by atoms with Crippen molar-refractivity contribution in [3.05, 3.63) is 47.5 Å². The summed E-state index contributed by atoms with van der Waals surface area (Å²) in [7, 11) is 0. The summed E-state index contributed by atoms with van der Waals surface area (Å²) in [5, 5.41) is 8.07. The minimum atomic E-state index is -0.690. The highest BCUT2D eigenvalue weighted by molar-refractivity contribution is 6.30. The predicted molar refractivity (Wildman–Crippen MR) is 171 cm³/mol. The number of amides is 2. The summed E-state index contributed by atoms with van der Waals surface area (Å²) >= 11 is 6.11. The molecule has 0 radical (unpaired) electrons. The molecule has 1 atom stereocenters. The van der Waals surface area contributed by atoms with Crippen LogP contribution in [0.1, 0.15) is 89.0 Å². The highest BCUT2D eigenvalue weighted by Gasteiger charge is 2.43. The summed E-state index contributed by atoms with van der Waals surface area (Å²) in [5.74, 6) is 0.426. The Morgan fingerprint density at radius 3 is 2.30 bits per heavy atom. The van der Waals surface area contributed by atoms with Crippen molar-refractivity contribution < 1.29 is 14.4 Å². The number of carbonyl (C=O) groups excluding carboxylic acids is 3. The van der Waals surface area contributed by atoms with Gasteiger partial charge in [0, 0.05) is 56.9 Å². The normalized spacial score (nSPS) is 20.2. The first-order valence-electron chi connectivity index (χ1n) is 16.8. The second-order valence-electron chi connectivity index (χ2n) is 13.3. The van der Waals surface area contributed by atoms with Gasteiger partial charge in [0.25, 0.3) is 0 Å². The van der Waals surface area contributed by atoms with Crippen LogP contribution in [0.2, 0.25) is 5.02 Å². The van der Waals surface area contributed by atoms with Crippen LogP contribution in [0.25, 0.3) is 0 Å². The van der Waals surface area contributed by atoms with E-state index >= 15 is 0 Å². The Balaban J connectivity index is 1.20. The second-order valence-corrected chi connectivity index (χ2v) is 13.7. The third kappa shape index (κ3) is 9.13. The maximum atomic E-state index is 14.0. The van der Waals surface area contributed by atoms with E-state index in [-0.39, 0.29) is 35.9 Å². The third-order valence-electron chi connectivity index (χ3n) is 10.3. The number of hydrogen-bond acceptors (Lipinski definition) is 6. The zero-order valence-electron chi connectivity index (χ0n) is 26.1. The van der Waals surface area contributed by atoms with Crippen LogP contribution >= 0.6 is 11.6 Å². The predicted octanol–water partition coefficient (Wildman–Crippen LogP) is 5.07. The Labute approximate surface area is 267 Å². The van der Waals surface area contributed by atoms with Gasteiger partial charge in [-0.3, -0.25) is 19.1 Å². The lowest BCUT2D eigenvalue weighted by Crippen LogP contribution is -2.54. The number of halogens is 1. The van der Waals surface area contributed by atoms with E-state index in [2.05, 4.69) is 20.3 Å². The van der Waals surface area contributed by atoms with Gasteiger partial charge in [0.1, 0.15) is 24.5 Å². The molecule has 3 heterocycles. The lowest BCUT2D eigenvalue weighted by molar-refractivity contribution is -0.139. The fourth-order valence-corrected chi connectivity index (χ4v) is 7.73. The lowest BCUT2D eigenvalue weighted by atomic mass is 9.63. The van der Waals surface area contributed by atoms with Crippen molar-refractivity contribution in [3.8, 4) is 0 Å². The molecule has 1 aromatic carbocycles. The molecule has 3 fully saturated rings. The number of likely N-dealkylation sites (tertiary alicyclic amines) is 2. The van der Waals surface area contributed by atoms with E-state index < -0.39 is 6.04 Å². The van der Waals surface area contributed by atoms with E-state index in [1.54, 1.807) is 12.7 Å². The Bertz CT molecular complexity index is 1200. The summed E-state index contributed by atoms with van der Waals surface area (Å²) in [4.78, 5) is 48.1. The number of nitrogens with zero attached hydrogens (tertiary/aromatic N) is 5. The van der Waals surface area contributed by atoms with Crippen molar-refractivity contribution in [3.63, 3.8) is 0 Å². The zero-order valence-corrected chi connectivity index (χ0v) is 26.9. The quantitative estimate of drug-likeness (QED) is 0.334. The smallest absolute Gasteiger partial charge is 0.245 e. The van der Waals surface area contributed by atoms with Crippen molar-refractivity contribution in [1.29, 1.82) is 0 Å². The van der Waals surface area contributed by atoms with E-state index in [4.69, 9.17) is 11.6 Å². The number of ketones is 1. The number of hydrogen-bond donors (Lipinski definition) is 1. The van der Waals surface area contributed by atoms with Gasteiger partial charge in [-0.25, -0.2) is 4.98 Å². The zero-order chi connectivity index (χ0) is 30.8. The van der Waals surface area contributed by atoms with Crippen molar-refractivity contribution in [2.45, 2.75) is 102 Å². The minimum absolute atomic E-state index is 0.0530. The van der Waals surface area contributed by atoms with Gasteiger partial charge < -0.3 is 15.1 Å². The molecule has 0 unspecified atom stereocenters. The van der Waals surface area contributed by atoms with Crippen molar-refractivity contribution in [2.24, 2.45) is 11.3 Å². The van der Waals surface area contributed by atoms with Crippen LogP contribution in [0.4, 0.5) is 0 Å². The fraction of sp³-hybridized carbons (Fsp3) is 0.676. The van der Waals surface area contributed by atoms with Gasteiger partial charge in [-0.2, -0.15) is 5.10 Å². The van der Waals surface area contributed by atoms with Crippen LogP contribution < -0.4 is 5.32 Å². The number of benzene rings is 1. The van der Waals surface area contributed by atoms with E-state index in [9.17, 15) is 14.4 Å². The van der Waals surface area contributed by atoms with Crippen LogP contribution in [0, 0.1) is 11.3 Å². The van der Waals surface area contributed by atoms with E-state index in [0.29, 0.717) is 36.9 Å². The molecule has 2 amide bonds. The van der Waals surface area contributed by atoms with Crippen molar-refractivity contribution >= 4 is 29.2 Å². The summed E-state index contributed by atoms with van der Waals surface area (Å²) in [6.45, 7) is 5.03. The Morgan fingerprint density at radius 2 is 1.61 bits per heavy atom. The minimum Gasteiger partial charge on any atom is -0.344 e. The Morgan fingerprint density at radius 1 is 0.909 bits per heavy atom. The van der Waals surface area contributed by atoms with Crippen LogP contribution in [-0.2, 0) is 27.3 Å². The van der Waals surface area contributed by atoms with Gasteiger partial charge in [-0.1, -0.05) is 49.4 Å². The lowest BCUT2D eigenvalue weighted by Gasteiger charge is -2.48. The van der Waals surface area contributed by atoms with Crippen molar-refractivity contribution in [2.75, 3.05) is 32.7 Å². The molecular weight excluding hydrogens is 576 g/mol. The number of rotatable bonds is 13. The molecule has 2 aromatic rings. The molecule has 0 spiro atoms. The average Bonchev–Trinajstić information content (AvgIpc) is 3.57. The first-order chi connectivity index (χ1) is 21.4. The van der Waals surface area contributed by atoms with Crippen LogP contribution in [-0.4, -0.2) is 80.9 Å². The number of Topliss-reactive ketones (excluding diaryl/α,β-unsaturated/α-hetero) is 1. The topological polar surface area (TPSA) is 100 Å². The molecule has 5 rings (SSSR count). The highest BCUT2D eigenvalue weighted by atomic mass is 35.5. The molecule has 2 aliphatic heterocycles. The maximum absolute atomic E-state index is 14.0. The summed E-state index contributed by atoms with van der Waals surface area (Å²) in [5.41, 5.74) is 1.03. The first-order valence-corrected chi connectivity index (χ1v) is 17.2. The van der Waals surface area contributed by atoms with Gasteiger partial charge in [0.15, 0.2) is 0 Å². The molecule has 0 bridgehead atoms. The van der Waals surface area contributed by atoms with Crippen LogP contribution in [0.3, 0.4) is 0 Å². The SMILES string of the molecule is O=C(CCC(=O)N[C@H](Cc1ccc(Cl)cc1)C(=O)N1CCC(Cn2cncn2)(C2CCCCC2)CC1)CCN1CCCCC1. The molecule has 10 heteroatoms. The molecule has 3 aliphatic rings. The number of aromatic nitrogens is 3. The summed E-state index contributed by atoms with van der Waals surface area (Å²) < 4.78 is 1.96. The molecule has 44 heavy (non-hydrogen) atoms. The molecule has 2 saturated heterocycles. The molecule has 240 valence electrons. The maximum Gasteiger partial charge on any atom is 0.245 e. The van der Waals surface area contributed by atoms with E-state index in [1.165, 1.54) is 51.4 Å². The molecule has 1 aromatic heterocycles. The summed E-state index contributed by atoms with van der Waals surface area (Å²) in [6, 6.07) is 6.74. The fourth-order valence-electron chi connectivity index (χ4n) is 7.61. The van der Waals surface area contributed by atoms with Gasteiger partial charge in [-0.05, 0) is 80.6 Å². The molecule has 9 nitrogen and oxygen atoms in total. The van der Waals surface area contributed by atoms with Gasteiger partial charge in [0.2, 0.25) is 11.8 Å². The number of nitrogens with one attached hydrogen (secondary N) is 1. The van der Waals surface area contributed by atoms with E-state index in [1.807, 2.05) is 33.8 Å². The average molecular weight is 625 g/mol. The Hall–Kier alpha value is -2.78. The molecule has 1 N–H and O–H groups in total. The highest BCUT2D eigenvalue weighted by Crippen LogP contribution is 2.47. The summed E-state index contributed by atoms with van der Waals surface area (Å²) in [6.07, 6.45) is 16.3. The molecule has 1 saturated carbocycles. The third-order valence-corrected chi connectivity index (χ3v) is 10.5. The monoisotopic (exact) mass is 624 g/mol. The van der Waals surface area contributed by atoms with Gasteiger partial charge in [-0.15, -0.1) is 0 Å². The molecular formula is C34H49ClN6O3. The standard InChI is InChI=1S/C34H49ClN6O3/c35-29-11-9-27(10-12-29)23-31(38-32(43)14-13-30(42)15-20-39-18-5-2-6-19-39)33(44)40-21-16-34(17-22-40,24-41-26-36-25-37-41)28-7-3-1-4-8-28/h9-12,25-26,28,31H,1-8,13-24H2,(H,38,43)/t31-/m1/s1.